The molecule has 2 saturated heterocycles. The molecule has 5 rings (SSSR count). The van der Waals surface area contributed by atoms with Gasteiger partial charge in [-0.3, -0.25) is 19.8 Å². The second kappa shape index (κ2) is 8.35. The molecule has 0 radical (unpaired) electrons. The number of imide groups is 1. The van der Waals surface area contributed by atoms with Gasteiger partial charge in [0.15, 0.2) is 5.58 Å². The van der Waals surface area contributed by atoms with Crippen molar-refractivity contribution in [1.82, 2.24) is 15.4 Å². The maximum absolute atomic E-state index is 12.4. The Hall–Kier alpha value is -2.68. The van der Waals surface area contributed by atoms with E-state index in [9.17, 15) is 14.7 Å². The zero-order valence-corrected chi connectivity index (χ0v) is 18.2. The second-order valence-electron chi connectivity index (χ2n) is 8.74. The lowest BCUT2D eigenvalue weighted by atomic mass is 9.83. The van der Waals surface area contributed by atoms with Crippen molar-refractivity contribution in [3.05, 3.63) is 36.0 Å². The van der Waals surface area contributed by atoms with Gasteiger partial charge in [-0.15, -0.1) is 11.6 Å². The summed E-state index contributed by atoms with van der Waals surface area (Å²) in [6, 6.07) is 9.59. The van der Waals surface area contributed by atoms with E-state index in [0.717, 1.165) is 41.5 Å². The van der Waals surface area contributed by atoms with Gasteiger partial charge < -0.3 is 14.4 Å². The summed E-state index contributed by atoms with van der Waals surface area (Å²) in [6.45, 7) is 2.97. The third kappa shape index (κ3) is 3.72. The van der Waals surface area contributed by atoms with Gasteiger partial charge in [-0.1, -0.05) is 11.2 Å². The van der Waals surface area contributed by atoms with E-state index in [1.807, 2.05) is 30.3 Å². The van der Waals surface area contributed by atoms with Gasteiger partial charge in [-0.25, -0.2) is 0 Å². The second-order valence-corrected chi connectivity index (χ2v) is 9.01. The minimum Gasteiger partial charge on any atom is -0.492 e. The van der Waals surface area contributed by atoms with Gasteiger partial charge in [0.25, 0.3) is 0 Å². The van der Waals surface area contributed by atoms with Crippen molar-refractivity contribution in [2.24, 2.45) is 5.41 Å². The molecule has 2 aliphatic heterocycles. The standard InChI is InChI=1S/C23H24ClN3O5/c24-10-23(13-28)11-27(12-23)7-8-31-15-2-3-16-14(9-15)1-5-18-20(16)21(26-32-18)17-4-6-19(29)25-22(17)30/h1-3,5,9,17,28H,4,6-8,10-13H2,(H,25,29,30)/t17-/m0/s1. The Morgan fingerprint density at radius 1 is 1.28 bits per heavy atom. The zero-order chi connectivity index (χ0) is 22.3. The van der Waals surface area contributed by atoms with E-state index in [4.69, 9.17) is 20.9 Å². The van der Waals surface area contributed by atoms with Crippen LogP contribution in [-0.4, -0.2) is 65.7 Å². The Kier molecular flexibility index (Phi) is 5.53. The normalized spacial score (nSPS) is 21.0. The van der Waals surface area contributed by atoms with Crippen LogP contribution in [0, 0.1) is 5.41 Å². The minimum atomic E-state index is -0.508. The van der Waals surface area contributed by atoms with Gasteiger partial charge >= 0.3 is 0 Å². The molecule has 3 aromatic rings. The van der Waals surface area contributed by atoms with Crippen molar-refractivity contribution < 1.29 is 24.0 Å². The fraction of sp³-hybridized carbons (Fsp3) is 0.435. The van der Waals surface area contributed by atoms with Crippen molar-refractivity contribution >= 4 is 45.2 Å². The molecular weight excluding hydrogens is 434 g/mol. The number of halogens is 1. The highest BCUT2D eigenvalue weighted by molar-refractivity contribution is 6.18. The van der Waals surface area contributed by atoms with Gasteiger partial charge in [-0.05, 0) is 41.5 Å². The highest BCUT2D eigenvalue weighted by Gasteiger charge is 2.41. The monoisotopic (exact) mass is 457 g/mol. The van der Waals surface area contributed by atoms with Crippen LogP contribution in [-0.2, 0) is 9.59 Å². The average molecular weight is 458 g/mol. The summed E-state index contributed by atoms with van der Waals surface area (Å²) >= 11 is 5.95. The summed E-state index contributed by atoms with van der Waals surface area (Å²) in [6.07, 6.45) is 0.705. The Morgan fingerprint density at radius 2 is 2.12 bits per heavy atom. The maximum atomic E-state index is 12.4. The van der Waals surface area contributed by atoms with Gasteiger partial charge in [0.1, 0.15) is 18.1 Å². The number of fused-ring (bicyclic) bond motifs is 3. The lowest BCUT2D eigenvalue weighted by Gasteiger charge is -2.48. The molecule has 3 heterocycles. The number of nitrogens with one attached hydrogen (secondary N) is 1. The van der Waals surface area contributed by atoms with Crippen molar-refractivity contribution in [3.63, 3.8) is 0 Å². The molecule has 8 nitrogen and oxygen atoms in total. The van der Waals surface area contributed by atoms with E-state index >= 15 is 0 Å². The Labute approximate surface area is 189 Å². The van der Waals surface area contributed by atoms with Gasteiger partial charge in [-0.2, -0.15) is 0 Å². The van der Waals surface area contributed by atoms with E-state index < -0.39 is 5.92 Å². The first-order valence-electron chi connectivity index (χ1n) is 10.7. The lowest BCUT2D eigenvalue weighted by Crippen LogP contribution is -2.60. The Balaban J connectivity index is 1.32. The minimum absolute atomic E-state index is 0.108. The zero-order valence-electron chi connectivity index (χ0n) is 17.5. The fourth-order valence-corrected chi connectivity index (χ4v) is 4.89. The summed E-state index contributed by atoms with van der Waals surface area (Å²) in [5, 5.41) is 18.7. The third-order valence-electron chi connectivity index (χ3n) is 6.43. The Morgan fingerprint density at radius 3 is 2.88 bits per heavy atom. The van der Waals surface area contributed by atoms with E-state index in [-0.39, 0.29) is 30.3 Å². The van der Waals surface area contributed by atoms with Gasteiger partial charge in [0.2, 0.25) is 11.8 Å². The van der Waals surface area contributed by atoms with Crippen LogP contribution in [0.5, 0.6) is 5.75 Å². The number of benzene rings is 2. The highest BCUT2D eigenvalue weighted by atomic mass is 35.5. The van der Waals surface area contributed by atoms with Crippen LogP contribution < -0.4 is 10.1 Å². The van der Waals surface area contributed by atoms with E-state index in [0.29, 0.717) is 30.2 Å². The fourth-order valence-electron chi connectivity index (χ4n) is 4.63. The molecule has 0 bridgehead atoms. The number of aromatic nitrogens is 1. The van der Waals surface area contributed by atoms with E-state index in [1.165, 1.54) is 0 Å². The van der Waals surface area contributed by atoms with Crippen molar-refractivity contribution in [3.8, 4) is 5.75 Å². The van der Waals surface area contributed by atoms with Crippen molar-refractivity contribution in [2.45, 2.75) is 18.8 Å². The first-order valence-corrected chi connectivity index (χ1v) is 11.2. The van der Waals surface area contributed by atoms with Crippen molar-refractivity contribution in [2.75, 3.05) is 38.7 Å². The quantitative estimate of drug-likeness (QED) is 0.414. The summed E-state index contributed by atoms with van der Waals surface area (Å²) < 4.78 is 11.4. The SMILES string of the molecule is O=C1CC[C@@H](c2noc3ccc4cc(OCCN5CC(CO)(CCl)C5)ccc4c23)C(=O)N1. The number of amides is 2. The average Bonchev–Trinajstić information content (AvgIpc) is 3.20. The number of nitrogens with zero attached hydrogens (tertiary/aromatic N) is 2. The molecule has 2 N–H and O–H groups in total. The Bertz CT molecular complexity index is 1180. The van der Waals surface area contributed by atoms with Crippen LogP contribution >= 0.6 is 11.6 Å². The number of alkyl halides is 1. The summed E-state index contributed by atoms with van der Waals surface area (Å²) in [5.74, 6) is 0.115. The number of aliphatic hydroxyl groups is 1. The number of hydrogen-bond acceptors (Lipinski definition) is 7. The highest BCUT2D eigenvalue weighted by Crippen LogP contribution is 2.36. The predicted molar refractivity (Wildman–Crippen MR) is 119 cm³/mol. The largest absolute Gasteiger partial charge is 0.492 e. The third-order valence-corrected chi connectivity index (χ3v) is 7.00. The summed E-state index contributed by atoms with van der Waals surface area (Å²) in [4.78, 5) is 26.1. The van der Waals surface area contributed by atoms with Crippen LogP contribution in [0.4, 0.5) is 0 Å². The van der Waals surface area contributed by atoms with Crippen LogP contribution in [0.3, 0.4) is 0 Å². The molecule has 1 aromatic heterocycles. The van der Waals surface area contributed by atoms with Crippen LogP contribution in [0.15, 0.2) is 34.9 Å². The van der Waals surface area contributed by atoms with Gasteiger partial charge in [0, 0.05) is 37.4 Å². The van der Waals surface area contributed by atoms with E-state index in [2.05, 4.69) is 15.4 Å². The number of rotatable bonds is 7. The molecule has 168 valence electrons. The van der Waals surface area contributed by atoms with E-state index in [1.54, 1.807) is 0 Å². The molecular formula is C23H24ClN3O5. The van der Waals surface area contributed by atoms with Gasteiger partial charge in [0.05, 0.1) is 17.9 Å². The molecule has 2 fully saturated rings. The van der Waals surface area contributed by atoms with Crippen LogP contribution in [0.2, 0.25) is 0 Å². The molecule has 9 heteroatoms. The van der Waals surface area contributed by atoms with Crippen molar-refractivity contribution in [1.29, 1.82) is 0 Å². The maximum Gasteiger partial charge on any atom is 0.235 e. The number of carbonyl (C=O) groups excluding carboxylic acids is 2. The molecule has 32 heavy (non-hydrogen) atoms. The summed E-state index contributed by atoms with van der Waals surface area (Å²) in [5.41, 5.74) is 0.999. The number of hydrogen-bond donors (Lipinski definition) is 2. The number of carbonyl (C=O) groups is 2. The molecule has 2 aromatic carbocycles. The molecule has 0 unspecified atom stereocenters. The molecule has 0 saturated carbocycles. The van der Waals surface area contributed by atoms with Crippen LogP contribution in [0.1, 0.15) is 24.5 Å². The first-order chi connectivity index (χ1) is 15.5. The molecule has 0 aliphatic carbocycles. The number of aliphatic hydroxyl groups excluding tert-OH is 1. The smallest absolute Gasteiger partial charge is 0.235 e. The molecule has 2 amide bonds. The number of piperidine rings is 1. The number of ether oxygens (including phenoxy) is 1. The molecule has 2 aliphatic rings. The summed E-state index contributed by atoms with van der Waals surface area (Å²) in [7, 11) is 0. The first kappa shape index (κ1) is 21.2. The predicted octanol–water partition coefficient (Wildman–Crippen LogP) is 2.41. The molecule has 1 atom stereocenters. The topological polar surface area (TPSA) is 105 Å². The van der Waals surface area contributed by atoms with Crippen LogP contribution in [0.25, 0.3) is 21.7 Å². The number of likely N-dealkylation sites (tertiary alicyclic amines) is 1. The molecule has 0 spiro atoms. The lowest BCUT2D eigenvalue weighted by molar-refractivity contribution is -0.134.